The van der Waals surface area contributed by atoms with E-state index in [1.165, 1.54) is 12.5 Å². The lowest BCUT2D eigenvalue weighted by Crippen LogP contribution is -2.28. The van der Waals surface area contributed by atoms with Crippen LogP contribution in [0.2, 0.25) is 0 Å². The van der Waals surface area contributed by atoms with Gasteiger partial charge < -0.3 is 14.4 Å². The number of benzene rings is 3. The number of nitrogens with one attached hydrogen (secondary N) is 1. The summed E-state index contributed by atoms with van der Waals surface area (Å²) in [5.41, 5.74) is 2.92. The van der Waals surface area contributed by atoms with Gasteiger partial charge in [0.1, 0.15) is 11.8 Å². The van der Waals surface area contributed by atoms with Crippen LogP contribution in [0.15, 0.2) is 79.0 Å². The molecule has 5 nitrogen and oxygen atoms in total. The number of carbonyl (C=O) groups excluding carboxylic acids is 1. The van der Waals surface area contributed by atoms with Gasteiger partial charge in [0, 0.05) is 34.1 Å². The zero-order valence-corrected chi connectivity index (χ0v) is 21.4. The molecule has 36 heavy (non-hydrogen) atoms. The lowest BCUT2D eigenvalue weighted by Gasteiger charge is -2.31. The van der Waals surface area contributed by atoms with E-state index in [0.29, 0.717) is 35.1 Å². The van der Waals surface area contributed by atoms with Crippen LogP contribution in [-0.4, -0.2) is 35.9 Å². The zero-order chi connectivity index (χ0) is 25.5. The van der Waals surface area contributed by atoms with E-state index in [2.05, 4.69) is 34.3 Å². The highest BCUT2D eigenvalue weighted by atomic mass is 32.2. The minimum absolute atomic E-state index is 0.242. The van der Waals surface area contributed by atoms with Crippen molar-refractivity contribution >= 4 is 44.6 Å². The summed E-state index contributed by atoms with van der Waals surface area (Å²) in [7, 11) is -0.242. The van der Waals surface area contributed by atoms with E-state index in [1.54, 1.807) is 30.5 Å². The number of pyridine rings is 1. The molecule has 3 aromatic carbocycles. The number of anilines is 2. The summed E-state index contributed by atoms with van der Waals surface area (Å²) in [6, 6.07) is 21.5. The standard InChI is InChI=1S/C26H22FN3O2S.C3H8/c1-33-17-32-15-14-30(33)21-9-6-19(7-10-21)26(31)29-20-8-11-24(27)23(16-20)25-22-5-3-2-4-18(22)12-13-28-25;1-3-2/h2-13,16H,1,14-15,17H2,(H,29,31);3H2,1-2H3. The monoisotopic (exact) mass is 503 g/mol. The maximum atomic E-state index is 14.7. The lowest BCUT2D eigenvalue weighted by atomic mass is 10.0. The molecule has 186 valence electrons. The number of halogens is 1. The smallest absolute Gasteiger partial charge is 0.255 e. The lowest BCUT2D eigenvalue weighted by molar-refractivity contribution is 0.102. The molecule has 2 heterocycles. The summed E-state index contributed by atoms with van der Waals surface area (Å²) < 4.78 is 22.4. The Bertz CT molecular complexity index is 1370. The van der Waals surface area contributed by atoms with E-state index >= 15 is 0 Å². The maximum Gasteiger partial charge on any atom is 0.255 e. The molecule has 1 aliphatic rings. The van der Waals surface area contributed by atoms with Gasteiger partial charge in [-0.05, 0) is 53.9 Å². The minimum Gasteiger partial charge on any atom is -0.368 e. The second-order valence-electron chi connectivity index (χ2n) is 8.37. The molecular weight excluding hydrogens is 473 g/mol. The molecular formula is C29H30FN3O2S. The summed E-state index contributed by atoms with van der Waals surface area (Å²) in [4.78, 5) is 17.3. The van der Waals surface area contributed by atoms with Crippen LogP contribution in [-0.2, 0) is 4.74 Å². The highest BCUT2D eigenvalue weighted by molar-refractivity contribution is 8.15. The Morgan fingerprint density at radius 2 is 1.86 bits per heavy atom. The summed E-state index contributed by atoms with van der Waals surface area (Å²) in [5.74, 6) is 4.10. The van der Waals surface area contributed by atoms with Crippen molar-refractivity contribution in [3.05, 3.63) is 90.4 Å². The fraction of sp³-hybridized carbons (Fsp3) is 0.207. The van der Waals surface area contributed by atoms with Crippen LogP contribution in [0.25, 0.3) is 22.0 Å². The van der Waals surface area contributed by atoms with Crippen molar-refractivity contribution in [2.24, 2.45) is 0 Å². The first-order valence-electron chi connectivity index (χ1n) is 11.9. The number of fused-ring (bicyclic) bond motifs is 1. The summed E-state index contributed by atoms with van der Waals surface area (Å²) in [5, 5.41) is 4.70. The molecule has 1 saturated heterocycles. The molecule has 0 bridgehead atoms. The van der Waals surface area contributed by atoms with E-state index in [-0.39, 0.29) is 16.6 Å². The Hall–Kier alpha value is -3.55. The van der Waals surface area contributed by atoms with Gasteiger partial charge in [-0.15, -0.1) is 0 Å². The van der Waals surface area contributed by atoms with Gasteiger partial charge in [-0.3, -0.25) is 9.78 Å². The van der Waals surface area contributed by atoms with Gasteiger partial charge in [-0.1, -0.05) is 61.1 Å². The zero-order valence-electron chi connectivity index (χ0n) is 20.5. The summed E-state index contributed by atoms with van der Waals surface area (Å²) in [6.45, 7) is 5.69. The van der Waals surface area contributed by atoms with E-state index in [4.69, 9.17) is 4.74 Å². The Kier molecular flexibility index (Phi) is 8.46. The molecule has 7 heteroatoms. The number of hydrogen-bond donors (Lipinski definition) is 1. The van der Waals surface area contributed by atoms with Gasteiger partial charge in [0.05, 0.1) is 18.8 Å². The molecule has 0 saturated carbocycles. The van der Waals surface area contributed by atoms with Crippen molar-refractivity contribution in [3.63, 3.8) is 0 Å². The van der Waals surface area contributed by atoms with Gasteiger partial charge in [-0.25, -0.2) is 4.39 Å². The second kappa shape index (κ2) is 11.9. The van der Waals surface area contributed by atoms with Gasteiger partial charge in [0.2, 0.25) is 0 Å². The van der Waals surface area contributed by atoms with Crippen LogP contribution in [0, 0.1) is 5.82 Å². The van der Waals surface area contributed by atoms with Crippen molar-refractivity contribution < 1.29 is 13.9 Å². The minimum atomic E-state index is -0.393. The molecule has 1 fully saturated rings. The SMILES string of the molecule is C=S1COCCN1c1ccc(C(=O)Nc2ccc(F)c(-c3nccc4ccccc34)c2)cc1.CCC. The highest BCUT2D eigenvalue weighted by Gasteiger charge is 2.16. The van der Waals surface area contributed by atoms with E-state index in [0.717, 1.165) is 23.0 Å². The average molecular weight is 504 g/mol. The first-order valence-corrected chi connectivity index (χ1v) is 13.4. The van der Waals surface area contributed by atoms with E-state index < -0.39 is 5.82 Å². The molecule has 1 atom stereocenters. The Morgan fingerprint density at radius 1 is 1.11 bits per heavy atom. The molecule has 1 aliphatic heterocycles. The first kappa shape index (κ1) is 25.5. The third kappa shape index (κ3) is 5.80. The number of nitrogens with zero attached hydrogens (tertiary/aromatic N) is 2. The van der Waals surface area contributed by atoms with Gasteiger partial charge >= 0.3 is 0 Å². The molecule has 1 N–H and O–H groups in total. The quantitative estimate of drug-likeness (QED) is 0.301. The number of aromatic nitrogens is 1. The Labute approximate surface area is 214 Å². The Balaban J connectivity index is 0.000000967. The third-order valence-electron chi connectivity index (χ3n) is 5.54. The van der Waals surface area contributed by atoms with Crippen LogP contribution in [0.1, 0.15) is 30.6 Å². The fourth-order valence-corrected chi connectivity index (χ4v) is 5.06. The second-order valence-corrected chi connectivity index (χ2v) is 9.98. The molecule has 1 unspecified atom stereocenters. The fourth-order valence-electron chi connectivity index (χ4n) is 3.87. The molecule has 1 aromatic heterocycles. The van der Waals surface area contributed by atoms with Crippen molar-refractivity contribution in [1.82, 2.24) is 4.98 Å². The van der Waals surface area contributed by atoms with Crippen molar-refractivity contribution in [3.8, 4) is 11.3 Å². The molecule has 0 spiro atoms. The molecule has 0 radical (unpaired) electrons. The highest BCUT2D eigenvalue weighted by Crippen LogP contribution is 2.31. The molecule has 0 aliphatic carbocycles. The summed E-state index contributed by atoms with van der Waals surface area (Å²) in [6.07, 6.45) is 2.91. The Morgan fingerprint density at radius 3 is 2.61 bits per heavy atom. The predicted molar refractivity (Wildman–Crippen MR) is 150 cm³/mol. The van der Waals surface area contributed by atoms with E-state index in [1.807, 2.05) is 42.5 Å². The van der Waals surface area contributed by atoms with Gasteiger partial charge in [0.15, 0.2) is 0 Å². The summed E-state index contributed by atoms with van der Waals surface area (Å²) >= 11 is 0. The van der Waals surface area contributed by atoms with Crippen molar-refractivity contribution in [2.75, 3.05) is 28.7 Å². The topological polar surface area (TPSA) is 54.5 Å². The molecule has 5 rings (SSSR count). The van der Waals surface area contributed by atoms with Gasteiger partial charge in [-0.2, -0.15) is 0 Å². The molecule has 4 aromatic rings. The van der Waals surface area contributed by atoms with Crippen LogP contribution >= 0.6 is 10.7 Å². The number of ether oxygens (including phenoxy) is 1. The van der Waals surface area contributed by atoms with Crippen LogP contribution in [0.4, 0.5) is 15.8 Å². The van der Waals surface area contributed by atoms with Crippen molar-refractivity contribution in [1.29, 1.82) is 0 Å². The molecule has 1 amide bonds. The first-order chi connectivity index (χ1) is 17.5. The largest absolute Gasteiger partial charge is 0.368 e. The van der Waals surface area contributed by atoms with Gasteiger partial charge in [0.25, 0.3) is 5.91 Å². The predicted octanol–water partition coefficient (Wildman–Crippen LogP) is 7.12. The van der Waals surface area contributed by atoms with Crippen LogP contribution in [0.3, 0.4) is 0 Å². The van der Waals surface area contributed by atoms with Crippen molar-refractivity contribution in [2.45, 2.75) is 20.3 Å². The number of rotatable bonds is 4. The van der Waals surface area contributed by atoms with E-state index in [9.17, 15) is 9.18 Å². The van der Waals surface area contributed by atoms with Crippen LogP contribution in [0.5, 0.6) is 0 Å². The number of amides is 1. The maximum absolute atomic E-state index is 14.7. The van der Waals surface area contributed by atoms with Crippen LogP contribution < -0.4 is 9.62 Å². The number of hydrogen-bond acceptors (Lipinski definition) is 4. The third-order valence-corrected chi connectivity index (χ3v) is 7.00. The average Bonchev–Trinajstić information content (AvgIpc) is 2.90. The number of carbonyl (C=O) groups is 1. The normalized spacial score (nSPS) is 15.2.